The molecule has 0 aliphatic carbocycles. The van der Waals surface area contributed by atoms with Crippen LogP contribution in [-0.4, -0.2) is 22.7 Å². The number of benzene rings is 12. The molecule has 0 atom stereocenters. The minimum Gasteiger partial charge on any atom is -0.309 e. The smallest absolute Gasteiger partial charge is 0.104 e. The van der Waals surface area contributed by atoms with E-state index in [0.717, 1.165) is 137 Å². The fourth-order valence-corrected chi connectivity index (χ4v) is 14.1. The molecule has 0 fully saturated rings. The molecule has 0 aliphatic heterocycles. The molecule has 6 aromatic heterocycles. The van der Waals surface area contributed by atoms with Gasteiger partial charge >= 0.3 is 0 Å². The van der Waals surface area contributed by atoms with E-state index in [1.54, 1.807) is 0 Å². The van der Waals surface area contributed by atoms with E-state index in [0.29, 0.717) is 5.56 Å². The van der Waals surface area contributed by atoms with E-state index in [4.69, 9.17) is 0 Å². The Bertz CT molecular complexity index is 5590. The largest absolute Gasteiger partial charge is 0.309 e. The lowest BCUT2D eigenvalue weighted by atomic mass is 9.99. The summed E-state index contributed by atoms with van der Waals surface area (Å²) in [5.41, 5.74) is 18.5. The summed E-state index contributed by atoms with van der Waals surface area (Å²) < 4.78 is 12.2. The second-order valence-electron chi connectivity index (χ2n) is 21.1. The van der Waals surface area contributed by atoms with Gasteiger partial charge in [0.2, 0.25) is 0 Å². The summed E-state index contributed by atoms with van der Waals surface area (Å²) in [6.45, 7) is 0. The fraction of sp³-hybridized carbons (Fsp3) is 0. The lowest BCUT2D eigenvalue weighted by molar-refractivity contribution is 1.06. The van der Waals surface area contributed by atoms with E-state index >= 15 is 0 Å². The van der Waals surface area contributed by atoms with E-state index in [1.807, 2.05) is 0 Å². The average molecular weight is 1000 g/mol. The summed E-state index contributed by atoms with van der Waals surface area (Å²) in [4.78, 5) is 0. The molecule has 0 unspecified atom stereocenters. The Morgan fingerprint density at radius 3 is 1.10 bits per heavy atom. The third-order valence-electron chi connectivity index (χ3n) is 17.2. The first kappa shape index (κ1) is 42.4. The van der Waals surface area contributed by atoms with Crippen molar-refractivity contribution in [1.82, 2.24) is 22.7 Å². The van der Waals surface area contributed by atoms with Crippen LogP contribution in [0.4, 0.5) is 0 Å². The molecule has 6 heteroatoms. The molecule has 0 N–H and O–H groups in total. The standard InChI is InChI=1S/C73H42N6/c74-43-58-70-68(55-29-18-28-54-51-25-8-17-36-65(51)79(70)69(54)55)72(77-62-33-14-6-23-49(62)50-24-7-15-34-63(50)77)73(71(58)76-60-31-12-4-21-47(60)48-22-5-13-32-61(48)76)78-64-35-16-10-27-53(64)57-42-45(38-40-67(57)78)44-37-39-66-56(41-44)52-26-9-11-30-59(52)75(66)46-19-2-1-3-20-46/h1-42H. The van der Waals surface area contributed by atoms with Crippen molar-refractivity contribution in [3.63, 3.8) is 0 Å². The van der Waals surface area contributed by atoms with Crippen LogP contribution in [0.3, 0.4) is 0 Å². The quantitative estimate of drug-likeness (QED) is 0.169. The molecule has 12 aromatic carbocycles. The highest BCUT2D eigenvalue weighted by Crippen LogP contribution is 2.52. The number of nitriles is 1. The van der Waals surface area contributed by atoms with E-state index in [1.165, 1.54) is 21.8 Å². The number of hydrogen-bond donors (Lipinski definition) is 0. The zero-order valence-electron chi connectivity index (χ0n) is 42.4. The molecule has 0 spiro atoms. The number of rotatable bonds is 5. The highest BCUT2D eigenvalue weighted by Gasteiger charge is 2.34. The summed E-state index contributed by atoms with van der Waals surface area (Å²) in [5.74, 6) is 0. The van der Waals surface area contributed by atoms with Gasteiger partial charge in [0.15, 0.2) is 0 Å². The summed E-state index contributed by atoms with van der Waals surface area (Å²) in [6.07, 6.45) is 0. The van der Waals surface area contributed by atoms with Crippen molar-refractivity contribution in [2.75, 3.05) is 0 Å². The van der Waals surface area contributed by atoms with Gasteiger partial charge in [-0.1, -0.05) is 176 Å². The molecule has 0 radical (unpaired) electrons. The predicted octanol–water partition coefficient (Wildman–Crippen LogP) is 18.8. The molecule has 0 aliphatic rings. The van der Waals surface area contributed by atoms with Gasteiger partial charge in [-0.15, -0.1) is 0 Å². The van der Waals surface area contributed by atoms with Crippen molar-refractivity contribution >= 4 is 125 Å². The Morgan fingerprint density at radius 2 is 0.608 bits per heavy atom. The molecule has 0 amide bonds. The first-order chi connectivity index (χ1) is 39.2. The minimum atomic E-state index is 0.602. The van der Waals surface area contributed by atoms with Crippen LogP contribution in [0, 0.1) is 11.3 Å². The van der Waals surface area contributed by atoms with Crippen molar-refractivity contribution in [1.29, 1.82) is 5.26 Å². The summed E-state index contributed by atoms with van der Waals surface area (Å²) in [5, 5.41) is 26.2. The summed E-state index contributed by atoms with van der Waals surface area (Å²) >= 11 is 0. The third kappa shape index (κ3) is 5.47. The van der Waals surface area contributed by atoms with Crippen molar-refractivity contribution in [2.45, 2.75) is 0 Å². The van der Waals surface area contributed by atoms with E-state index < -0.39 is 0 Å². The van der Waals surface area contributed by atoms with Gasteiger partial charge in [-0.2, -0.15) is 5.26 Å². The SMILES string of the molecule is N#Cc1c(-n2c3ccccc3c3ccccc32)c(-n2c3ccccc3c3cc(-c4ccc5c(c4)c4ccccc4n5-c4ccccc4)ccc32)c(-n2c3ccccc3c3ccccc32)c2c3cccc4c5ccccc5n(c12)c43. The van der Waals surface area contributed by atoms with Gasteiger partial charge in [0.05, 0.1) is 77.7 Å². The lowest BCUT2D eigenvalue weighted by Crippen LogP contribution is -2.12. The number of fused-ring (bicyclic) bond motifs is 18. The molecule has 364 valence electrons. The van der Waals surface area contributed by atoms with E-state index in [9.17, 15) is 5.26 Å². The van der Waals surface area contributed by atoms with Gasteiger partial charge in [-0.3, -0.25) is 0 Å². The topological polar surface area (TPSA) is 47.9 Å². The number of hydrogen-bond acceptors (Lipinski definition) is 1. The third-order valence-corrected chi connectivity index (χ3v) is 17.2. The van der Waals surface area contributed by atoms with Crippen LogP contribution in [0.5, 0.6) is 0 Å². The van der Waals surface area contributed by atoms with Gasteiger partial charge in [-0.25, -0.2) is 0 Å². The maximum atomic E-state index is 12.5. The Labute approximate surface area is 451 Å². The Hall–Kier alpha value is -10.9. The highest BCUT2D eigenvalue weighted by atomic mass is 15.1. The maximum Gasteiger partial charge on any atom is 0.104 e. The first-order valence-electron chi connectivity index (χ1n) is 27.0. The Morgan fingerprint density at radius 1 is 0.253 bits per heavy atom. The highest BCUT2D eigenvalue weighted by molar-refractivity contribution is 6.29. The zero-order valence-corrected chi connectivity index (χ0v) is 42.4. The van der Waals surface area contributed by atoms with Gasteiger partial charge in [0, 0.05) is 70.3 Å². The van der Waals surface area contributed by atoms with E-state index in [-0.39, 0.29) is 0 Å². The van der Waals surface area contributed by atoms with Crippen LogP contribution in [0.15, 0.2) is 255 Å². The number of para-hydroxylation sites is 9. The molecule has 6 heterocycles. The molecular weight excluding hydrogens is 961 g/mol. The van der Waals surface area contributed by atoms with Gasteiger partial charge < -0.3 is 22.7 Å². The van der Waals surface area contributed by atoms with Crippen molar-refractivity contribution in [3.05, 3.63) is 260 Å². The second kappa shape index (κ2) is 15.6. The molecule has 0 saturated carbocycles. The molecule has 18 rings (SSSR count). The molecular formula is C73H42N6. The Kier molecular flexibility index (Phi) is 8.37. The molecule has 6 nitrogen and oxygen atoms in total. The lowest BCUT2D eigenvalue weighted by Gasteiger charge is -2.25. The average Bonchev–Trinajstić information content (AvgIpc) is 3.53. The summed E-state index contributed by atoms with van der Waals surface area (Å²) in [6, 6.07) is 95.6. The Balaban J connectivity index is 1.05. The zero-order chi connectivity index (χ0) is 51.6. The molecule has 18 aromatic rings. The van der Waals surface area contributed by atoms with Crippen LogP contribution in [0.25, 0.3) is 159 Å². The van der Waals surface area contributed by atoms with Crippen molar-refractivity contribution in [3.8, 4) is 39.9 Å². The van der Waals surface area contributed by atoms with Gasteiger partial charge in [0.25, 0.3) is 0 Å². The summed E-state index contributed by atoms with van der Waals surface area (Å²) in [7, 11) is 0. The van der Waals surface area contributed by atoms with Crippen LogP contribution >= 0.6 is 0 Å². The predicted molar refractivity (Wildman–Crippen MR) is 329 cm³/mol. The number of nitrogens with zero attached hydrogens (tertiary/aromatic N) is 6. The van der Waals surface area contributed by atoms with Crippen LogP contribution < -0.4 is 0 Å². The van der Waals surface area contributed by atoms with Gasteiger partial charge in [-0.05, 0) is 90.0 Å². The minimum absolute atomic E-state index is 0.602. The normalized spacial score (nSPS) is 12.3. The van der Waals surface area contributed by atoms with Crippen LogP contribution in [-0.2, 0) is 0 Å². The molecule has 0 saturated heterocycles. The van der Waals surface area contributed by atoms with Gasteiger partial charge in [0.1, 0.15) is 11.6 Å². The van der Waals surface area contributed by atoms with E-state index in [2.05, 4.69) is 284 Å². The second-order valence-corrected chi connectivity index (χ2v) is 21.1. The van der Waals surface area contributed by atoms with Crippen molar-refractivity contribution < 1.29 is 0 Å². The molecule has 0 bridgehead atoms. The van der Waals surface area contributed by atoms with Crippen LogP contribution in [0.2, 0.25) is 0 Å². The fourth-order valence-electron chi connectivity index (χ4n) is 14.1. The van der Waals surface area contributed by atoms with Crippen molar-refractivity contribution in [2.24, 2.45) is 0 Å². The monoisotopic (exact) mass is 1000 g/mol. The first-order valence-corrected chi connectivity index (χ1v) is 27.0. The number of aromatic nitrogens is 5. The maximum absolute atomic E-state index is 12.5. The molecule has 79 heavy (non-hydrogen) atoms. The van der Waals surface area contributed by atoms with Crippen LogP contribution in [0.1, 0.15) is 5.56 Å².